The van der Waals surface area contributed by atoms with Crippen molar-refractivity contribution in [3.05, 3.63) is 48.0 Å². The molecule has 0 heterocycles. The van der Waals surface area contributed by atoms with Gasteiger partial charge in [-0.25, -0.2) is 18.4 Å². The quantitative estimate of drug-likeness (QED) is 0.529. The Labute approximate surface area is 178 Å². The van der Waals surface area contributed by atoms with Crippen LogP contribution in [-0.4, -0.2) is 34.6 Å². The van der Waals surface area contributed by atoms with Gasteiger partial charge in [-0.05, 0) is 37.1 Å². The summed E-state index contributed by atoms with van der Waals surface area (Å²) in [6, 6.07) is 11.7. The lowest BCUT2D eigenvalue weighted by Crippen LogP contribution is -2.27. The van der Waals surface area contributed by atoms with Crippen LogP contribution in [-0.2, 0) is 14.8 Å². The maximum Gasteiger partial charge on any atom is 0.337 e. The molecule has 0 unspecified atom stereocenters. The number of esters is 1. The fourth-order valence-electron chi connectivity index (χ4n) is 3.03. The van der Waals surface area contributed by atoms with Crippen molar-refractivity contribution in [2.24, 2.45) is 5.14 Å². The van der Waals surface area contributed by atoms with E-state index < -0.39 is 16.0 Å². The topological polar surface area (TPSA) is 98.9 Å². The summed E-state index contributed by atoms with van der Waals surface area (Å²) < 4.78 is 35.7. The van der Waals surface area contributed by atoms with Gasteiger partial charge in [-0.3, -0.25) is 0 Å². The van der Waals surface area contributed by atoms with Crippen LogP contribution in [0.4, 0.5) is 5.69 Å². The predicted octanol–water partition coefficient (Wildman–Crippen LogP) is 4.32. The zero-order chi connectivity index (χ0) is 22.1. The van der Waals surface area contributed by atoms with Gasteiger partial charge in [-0.1, -0.05) is 44.9 Å². The highest BCUT2D eigenvalue weighted by Crippen LogP contribution is 2.39. The number of unbranched alkanes of at least 4 members (excludes halogenated alkanes) is 2. The Kier molecular flexibility index (Phi) is 8.68. The molecule has 7 nitrogen and oxygen atoms in total. The summed E-state index contributed by atoms with van der Waals surface area (Å²) in [7, 11) is -2.93. The number of benzene rings is 2. The third-order valence-corrected chi connectivity index (χ3v) is 5.55. The van der Waals surface area contributed by atoms with E-state index in [-0.39, 0.29) is 16.2 Å². The summed E-state index contributed by atoms with van der Waals surface area (Å²) in [5, 5.41) is 5.51. The molecule has 164 valence electrons. The molecule has 30 heavy (non-hydrogen) atoms. The molecule has 2 aromatic rings. The monoisotopic (exact) mass is 434 g/mol. The Morgan fingerprint density at radius 1 is 1.03 bits per heavy atom. The van der Waals surface area contributed by atoms with Crippen molar-refractivity contribution in [1.29, 1.82) is 0 Å². The Balaban J connectivity index is 2.73. The minimum atomic E-state index is -4.17. The standard InChI is InChI=1S/C22H30N2O5S/c1-4-6-13-24(14-7-5-2)19-15-17(22(25)28-3)16-20(30(23,26)27)21(19)29-18-11-9-8-10-12-18/h8-12,15-16H,4-7,13-14H2,1-3H3,(H2,23,26,27). The Bertz CT molecular complexity index is 938. The maximum atomic E-state index is 12.4. The second-order valence-corrected chi connectivity index (χ2v) is 8.50. The number of hydrogen-bond donors (Lipinski definition) is 1. The van der Waals surface area contributed by atoms with Crippen LogP contribution >= 0.6 is 0 Å². The van der Waals surface area contributed by atoms with Gasteiger partial charge in [0.15, 0.2) is 5.75 Å². The van der Waals surface area contributed by atoms with Gasteiger partial charge in [-0.2, -0.15) is 0 Å². The summed E-state index contributed by atoms with van der Waals surface area (Å²) >= 11 is 0. The van der Waals surface area contributed by atoms with E-state index in [1.807, 2.05) is 11.0 Å². The van der Waals surface area contributed by atoms with Crippen LogP contribution in [0.25, 0.3) is 0 Å². The molecule has 0 saturated carbocycles. The van der Waals surface area contributed by atoms with Gasteiger partial charge in [0.1, 0.15) is 10.6 Å². The van der Waals surface area contributed by atoms with Gasteiger partial charge in [0.05, 0.1) is 18.4 Å². The molecule has 0 aliphatic carbocycles. The molecule has 0 atom stereocenters. The van der Waals surface area contributed by atoms with Crippen molar-refractivity contribution in [3.63, 3.8) is 0 Å². The number of ether oxygens (including phenoxy) is 2. The fraction of sp³-hybridized carbons (Fsp3) is 0.409. The first-order valence-corrected chi connectivity index (χ1v) is 11.6. The first kappa shape index (κ1) is 23.7. The van der Waals surface area contributed by atoms with Crippen LogP contribution in [0.3, 0.4) is 0 Å². The van der Waals surface area contributed by atoms with Crippen LogP contribution in [0.2, 0.25) is 0 Å². The first-order valence-electron chi connectivity index (χ1n) is 10.1. The van der Waals surface area contributed by atoms with Crippen molar-refractivity contribution in [1.82, 2.24) is 0 Å². The molecule has 0 bridgehead atoms. The molecule has 2 N–H and O–H groups in total. The van der Waals surface area contributed by atoms with Gasteiger partial charge in [0.2, 0.25) is 10.0 Å². The number of carbonyl (C=O) groups excluding carboxylic acids is 1. The Morgan fingerprint density at radius 2 is 1.63 bits per heavy atom. The first-order chi connectivity index (χ1) is 14.3. The highest BCUT2D eigenvalue weighted by atomic mass is 32.2. The normalized spacial score (nSPS) is 11.2. The molecular formula is C22H30N2O5S. The number of para-hydroxylation sites is 1. The molecule has 0 spiro atoms. The zero-order valence-electron chi connectivity index (χ0n) is 17.8. The molecule has 0 amide bonds. The number of methoxy groups -OCH3 is 1. The van der Waals surface area contributed by atoms with E-state index in [9.17, 15) is 13.2 Å². The molecule has 0 aromatic heterocycles. The second-order valence-electron chi connectivity index (χ2n) is 6.97. The van der Waals surface area contributed by atoms with Gasteiger partial charge < -0.3 is 14.4 Å². The molecular weight excluding hydrogens is 404 g/mol. The highest BCUT2D eigenvalue weighted by molar-refractivity contribution is 7.89. The van der Waals surface area contributed by atoms with Crippen LogP contribution in [0.1, 0.15) is 49.9 Å². The SMILES string of the molecule is CCCCN(CCCC)c1cc(C(=O)OC)cc(S(N)(=O)=O)c1Oc1ccccc1. The van der Waals surface area contributed by atoms with Crippen LogP contribution in [0.15, 0.2) is 47.4 Å². The number of anilines is 1. The van der Waals surface area contributed by atoms with Crippen molar-refractivity contribution >= 4 is 21.7 Å². The number of hydrogen-bond acceptors (Lipinski definition) is 6. The lowest BCUT2D eigenvalue weighted by Gasteiger charge is -2.28. The smallest absolute Gasteiger partial charge is 0.337 e. The largest absolute Gasteiger partial charge is 0.465 e. The Hall–Kier alpha value is -2.58. The van der Waals surface area contributed by atoms with E-state index in [4.69, 9.17) is 14.6 Å². The molecule has 0 saturated heterocycles. The molecule has 0 radical (unpaired) electrons. The summed E-state index contributed by atoms with van der Waals surface area (Å²) in [5.74, 6) is -0.0534. The Morgan fingerprint density at radius 3 is 2.13 bits per heavy atom. The molecule has 8 heteroatoms. The molecule has 0 aliphatic heterocycles. The molecule has 2 aromatic carbocycles. The number of primary sulfonamides is 1. The zero-order valence-corrected chi connectivity index (χ0v) is 18.6. The van der Waals surface area contributed by atoms with Crippen LogP contribution in [0, 0.1) is 0 Å². The van der Waals surface area contributed by atoms with Gasteiger partial charge in [0, 0.05) is 13.1 Å². The minimum absolute atomic E-state index is 0.106. The summed E-state index contributed by atoms with van der Waals surface area (Å²) in [6.45, 7) is 5.55. The summed E-state index contributed by atoms with van der Waals surface area (Å²) in [6.07, 6.45) is 3.75. The van der Waals surface area contributed by atoms with Gasteiger partial charge >= 0.3 is 5.97 Å². The number of sulfonamides is 1. The lowest BCUT2D eigenvalue weighted by atomic mass is 10.1. The van der Waals surface area contributed by atoms with E-state index in [0.29, 0.717) is 24.5 Å². The third kappa shape index (κ3) is 6.21. The average molecular weight is 435 g/mol. The van der Waals surface area contributed by atoms with Crippen LogP contribution in [0.5, 0.6) is 11.5 Å². The number of nitrogens with two attached hydrogens (primary N) is 1. The highest BCUT2D eigenvalue weighted by Gasteiger charge is 2.26. The van der Waals surface area contributed by atoms with Crippen molar-refractivity contribution < 1.29 is 22.7 Å². The van der Waals surface area contributed by atoms with E-state index in [1.165, 1.54) is 13.2 Å². The second kappa shape index (κ2) is 11.0. The van der Waals surface area contributed by atoms with Gasteiger partial charge in [0.25, 0.3) is 0 Å². The predicted molar refractivity (Wildman–Crippen MR) is 118 cm³/mol. The van der Waals surface area contributed by atoms with Crippen molar-refractivity contribution in [3.8, 4) is 11.5 Å². The lowest BCUT2D eigenvalue weighted by molar-refractivity contribution is 0.0600. The number of rotatable bonds is 11. The van der Waals surface area contributed by atoms with E-state index in [0.717, 1.165) is 25.7 Å². The summed E-state index contributed by atoms with van der Waals surface area (Å²) in [4.78, 5) is 14.0. The fourth-order valence-corrected chi connectivity index (χ4v) is 3.72. The van der Waals surface area contributed by atoms with E-state index in [1.54, 1.807) is 30.3 Å². The van der Waals surface area contributed by atoms with E-state index in [2.05, 4.69) is 13.8 Å². The summed E-state index contributed by atoms with van der Waals surface area (Å²) in [5.41, 5.74) is 0.614. The van der Waals surface area contributed by atoms with Crippen molar-refractivity contribution in [2.45, 2.75) is 44.4 Å². The van der Waals surface area contributed by atoms with E-state index >= 15 is 0 Å². The van der Waals surface area contributed by atoms with Gasteiger partial charge in [-0.15, -0.1) is 0 Å². The maximum absolute atomic E-state index is 12.4. The minimum Gasteiger partial charge on any atom is -0.465 e. The number of carbonyl (C=O) groups is 1. The average Bonchev–Trinajstić information content (AvgIpc) is 2.73. The molecule has 0 aliphatic rings. The molecule has 2 rings (SSSR count). The van der Waals surface area contributed by atoms with Crippen LogP contribution < -0.4 is 14.8 Å². The number of nitrogens with zero attached hydrogens (tertiary/aromatic N) is 1. The third-order valence-electron chi connectivity index (χ3n) is 4.63. The van der Waals surface area contributed by atoms with Crippen molar-refractivity contribution in [2.75, 3.05) is 25.1 Å². The molecule has 0 fully saturated rings.